The molecule has 2 aromatic carbocycles. The van der Waals surface area contributed by atoms with Crippen molar-refractivity contribution < 1.29 is 9.53 Å². The number of ether oxygens (including phenoxy) is 1. The standard InChI is InChI=1S/C17H17N5O2/c1-12-5-3-8-16(9-12)24-13(2)17(23)19-14-6-4-7-15(10-14)22-11-18-20-21-22/h3-11,13H,1-2H3,(H,19,23). The number of amides is 1. The normalized spacial score (nSPS) is 11.8. The highest BCUT2D eigenvalue weighted by atomic mass is 16.5. The second-order valence-electron chi connectivity index (χ2n) is 5.37. The van der Waals surface area contributed by atoms with Crippen molar-refractivity contribution in [2.75, 3.05) is 5.32 Å². The van der Waals surface area contributed by atoms with E-state index in [1.807, 2.05) is 43.3 Å². The van der Waals surface area contributed by atoms with Crippen LogP contribution in [0.5, 0.6) is 5.75 Å². The Balaban J connectivity index is 1.67. The molecule has 0 radical (unpaired) electrons. The quantitative estimate of drug-likeness (QED) is 0.779. The van der Waals surface area contributed by atoms with E-state index in [0.29, 0.717) is 11.4 Å². The van der Waals surface area contributed by atoms with Crippen molar-refractivity contribution in [3.05, 3.63) is 60.4 Å². The fourth-order valence-corrected chi connectivity index (χ4v) is 2.20. The monoisotopic (exact) mass is 323 g/mol. The zero-order valence-corrected chi connectivity index (χ0v) is 13.4. The van der Waals surface area contributed by atoms with Crippen molar-refractivity contribution in [2.24, 2.45) is 0 Å². The molecular formula is C17H17N5O2. The van der Waals surface area contributed by atoms with Gasteiger partial charge in [0.2, 0.25) is 0 Å². The first kappa shape index (κ1) is 15.7. The van der Waals surface area contributed by atoms with Gasteiger partial charge in [-0.1, -0.05) is 18.2 Å². The van der Waals surface area contributed by atoms with Crippen molar-refractivity contribution in [1.29, 1.82) is 0 Å². The first-order valence-electron chi connectivity index (χ1n) is 7.49. The van der Waals surface area contributed by atoms with Crippen molar-refractivity contribution in [3.63, 3.8) is 0 Å². The number of tetrazole rings is 1. The van der Waals surface area contributed by atoms with Gasteiger partial charge in [0.05, 0.1) is 5.69 Å². The van der Waals surface area contributed by atoms with Gasteiger partial charge >= 0.3 is 0 Å². The summed E-state index contributed by atoms with van der Waals surface area (Å²) < 4.78 is 7.20. The van der Waals surface area contributed by atoms with Crippen molar-refractivity contribution in [2.45, 2.75) is 20.0 Å². The topological polar surface area (TPSA) is 81.9 Å². The predicted octanol–water partition coefficient (Wildman–Crippen LogP) is 2.38. The van der Waals surface area contributed by atoms with E-state index in [-0.39, 0.29) is 5.91 Å². The summed E-state index contributed by atoms with van der Waals surface area (Å²) in [7, 11) is 0. The van der Waals surface area contributed by atoms with Crippen molar-refractivity contribution in [3.8, 4) is 11.4 Å². The van der Waals surface area contributed by atoms with E-state index in [1.165, 1.54) is 11.0 Å². The van der Waals surface area contributed by atoms with Crippen LogP contribution in [0.1, 0.15) is 12.5 Å². The van der Waals surface area contributed by atoms with Crippen LogP contribution in [0.2, 0.25) is 0 Å². The molecule has 1 aromatic heterocycles. The fourth-order valence-electron chi connectivity index (χ4n) is 2.20. The number of rotatable bonds is 5. The molecular weight excluding hydrogens is 306 g/mol. The third kappa shape index (κ3) is 3.75. The number of carbonyl (C=O) groups is 1. The number of nitrogens with zero attached hydrogens (tertiary/aromatic N) is 4. The van der Waals surface area contributed by atoms with E-state index < -0.39 is 6.10 Å². The summed E-state index contributed by atoms with van der Waals surface area (Å²) in [5.74, 6) is 0.436. The maximum atomic E-state index is 12.3. The van der Waals surface area contributed by atoms with Gasteiger partial charge in [0, 0.05) is 5.69 Å². The number of anilines is 1. The summed E-state index contributed by atoms with van der Waals surface area (Å²) in [5.41, 5.74) is 2.48. The van der Waals surface area contributed by atoms with Gasteiger partial charge in [-0.3, -0.25) is 4.79 Å². The minimum Gasteiger partial charge on any atom is -0.481 e. The maximum absolute atomic E-state index is 12.3. The van der Waals surface area contributed by atoms with Crippen LogP contribution in [0, 0.1) is 6.92 Å². The minimum absolute atomic E-state index is 0.231. The Kier molecular flexibility index (Phi) is 4.51. The second kappa shape index (κ2) is 6.91. The van der Waals surface area contributed by atoms with E-state index in [4.69, 9.17) is 4.74 Å². The Morgan fingerprint density at radius 3 is 2.79 bits per heavy atom. The Bertz CT molecular complexity index is 833. The third-order valence-electron chi connectivity index (χ3n) is 3.40. The minimum atomic E-state index is -0.622. The van der Waals surface area contributed by atoms with Gasteiger partial charge in [0.25, 0.3) is 5.91 Å². The van der Waals surface area contributed by atoms with Gasteiger partial charge in [0.1, 0.15) is 12.1 Å². The highest BCUT2D eigenvalue weighted by Crippen LogP contribution is 2.16. The molecule has 1 heterocycles. The number of hydrogen-bond acceptors (Lipinski definition) is 5. The molecule has 3 rings (SSSR count). The van der Waals surface area contributed by atoms with Gasteiger partial charge in [0.15, 0.2) is 6.10 Å². The van der Waals surface area contributed by atoms with Crippen LogP contribution in [0.25, 0.3) is 5.69 Å². The smallest absolute Gasteiger partial charge is 0.265 e. The molecule has 1 N–H and O–H groups in total. The molecule has 0 spiro atoms. The van der Waals surface area contributed by atoms with Crippen molar-refractivity contribution in [1.82, 2.24) is 20.2 Å². The summed E-state index contributed by atoms with van der Waals surface area (Å²) >= 11 is 0. The molecule has 0 bridgehead atoms. The number of aromatic nitrogens is 4. The maximum Gasteiger partial charge on any atom is 0.265 e. The zero-order valence-electron chi connectivity index (χ0n) is 13.4. The molecule has 0 aliphatic carbocycles. The number of nitrogens with one attached hydrogen (secondary N) is 1. The Hall–Kier alpha value is -3.22. The average molecular weight is 323 g/mol. The average Bonchev–Trinajstić information content (AvgIpc) is 3.09. The van der Waals surface area contributed by atoms with Crippen LogP contribution in [0.3, 0.4) is 0 Å². The highest BCUT2D eigenvalue weighted by molar-refractivity contribution is 5.94. The van der Waals surface area contributed by atoms with E-state index >= 15 is 0 Å². The molecule has 0 fully saturated rings. The summed E-state index contributed by atoms with van der Waals surface area (Å²) in [5, 5.41) is 13.8. The number of carbonyl (C=O) groups excluding carboxylic acids is 1. The van der Waals surface area contributed by atoms with E-state index in [0.717, 1.165) is 11.3 Å². The van der Waals surface area contributed by atoms with Crippen LogP contribution in [0.4, 0.5) is 5.69 Å². The molecule has 7 nitrogen and oxygen atoms in total. The Morgan fingerprint density at radius 1 is 1.21 bits per heavy atom. The molecule has 122 valence electrons. The van der Waals surface area contributed by atoms with Gasteiger partial charge in [-0.2, -0.15) is 0 Å². The number of hydrogen-bond donors (Lipinski definition) is 1. The van der Waals surface area contributed by atoms with Gasteiger partial charge < -0.3 is 10.1 Å². The molecule has 0 aliphatic rings. The van der Waals surface area contributed by atoms with E-state index in [9.17, 15) is 4.79 Å². The largest absolute Gasteiger partial charge is 0.481 e. The zero-order chi connectivity index (χ0) is 16.9. The van der Waals surface area contributed by atoms with Crippen LogP contribution < -0.4 is 10.1 Å². The molecule has 24 heavy (non-hydrogen) atoms. The SMILES string of the molecule is Cc1cccc(OC(C)C(=O)Nc2cccc(-n3cnnn3)c2)c1. The lowest BCUT2D eigenvalue weighted by atomic mass is 10.2. The lowest BCUT2D eigenvalue weighted by molar-refractivity contribution is -0.122. The summed E-state index contributed by atoms with van der Waals surface area (Å²) in [6.45, 7) is 3.69. The molecule has 0 saturated heterocycles. The first-order chi connectivity index (χ1) is 11.6. The fraction of sp³-hybridized carbons (Fsp3) is 0.176. The molecule has 7 heteroatoms. The number of benzene rings is 2. The number of aryl methyl sites for hydroxylation is 1. The highest BCUT2D eigenvalue weighted by Gasteiger charge is 2.15. The summed E-state index contributed by atoms with van der Waals surface area (Å²) in [4.78, 5) is 12.3. The van der Waals surface area contributed by atoms with Crippen molar-refractivity contribution >= 4 is 11.6 Å². The van der Waals surface area contributed by atoms with Gasteiger partial charge in [-0.05, 0) is 60.2 Å². The second-order valence-corrected chi connectivity index (χ2v) is 5.37. The summed E-state index contributed by atoms with van der Waals surface area (Å²) in [6.07, 6.45) is 0.869. The molecule has 3 aromatic rings. The molecule has 0 aliphatic heterocycles. The first-order valence-corrected chi connectivity index (χ1v) is 7.49. The van der Waals surface area contributed by atoms with Crippen LogP contribution >= 0.6 is 0 Å². The molecule has 1 unspecified atom stereocenters. The van der Waals surface area contributed by atoms with Gasteiger partial charge in [-0.25, -0.2) is 4.68 Å². The predicted molar refractivity (Wildman–Crippen MR) is 89.1 cm³/mol. The Morgan fingerprint density at radius 2 is 2.04 bits per heavy atom. The molecule has 1 atom stereocenters. The lowest BCUT2D eigenvalue weighted by Crippen LogP contribution is -2.30. The summed E-state index contributed by atoms with van der Waals surface area (Å²) in [6, 6.07) is 14.8. The van der Waals surface area contributed by atoms with Crippen LogP contribution in [-0.2, 0) is 4.79 Å². The van der Waals surface area contributed by atoms with Crippen LogP contribution in [0.15, 0.2) is 54.9 Å². The van der Waals surface area contributed by atoms with E-state index in [2.05, 4.69) is 20.8 Å². The van der Waals surface area contributed by atoms with Gasteiger partial charge in [-0.15, -0.1) is 5.10 Å². The third-order valence-corrected chi connectivity index (χ3v) is 3.40. The molecule has 1 amide bonds. The van der Waals surface area contributed by atoms with Crippen LogP contribution in [-0.4, -0.2) is 32.2 Å². The van der Waals surface area contributed by atoms with E-state index in [1.54, 1.807) is 19.1 Å². The lowest BCUT2D eigenvalue weighted by Gasteiger charge is -2.15. The Labute approximate surface area is 139 Å². The molecule has 0 saturated carbocycles.